The molecule has 1 atom stereocenters. The molecule has 0 spiro atoms. The van der Waals surface area contributed by atoms with E-state index in [4.69, 9.17) is 4.74 Å². The highest BCUT2D eigenvalue weighted by atomic mass is 16.6. The van der Waals surface area contributed by atoms with Gasteiger partial charge < -0.3 is 14.7 Å². The summed E-state index contributed by atoms with van der Waals surface area (Å²) in [5, 5.41) is 10.6. The number of hydrogen-bond donors (Lipinski definition) is 1. The molecule has 0 saturated carbocycles. The molecule has 0 aliphatic heterocycles. The summed E-state index contributed by atoms with van der Waals surface area (Å²) in [7, 11) is 0. The van der Waals surface area contributed by atoms with Crippen molar-refractivity contribution in [1.82, 2.24) is 4.90 Å². The lowest BCUT2D eigenvalue weighted by Gasteiger charge is -2.24. The third kappa shape index (κ3) is 3.96. The Morgan fingerprint density at radius 1 is 0.967 bits per heavy atom. The van der Waals surface area contributed by atoms with Gasteiger partial charge in [0, 0.05) is 12.5 Å². The van der Waals surface area contributed by atoms with E-state index in [1.165, 1.54) is 22.3 Å². The molecule has 0 bridgehead atoms. The van der Waals surface area contributed by atoms with Gasteiger partial charge in [-0.25, -0.2) is 4.79 Å². The molecule has 0 heterocycles. The van der Waals surface area contributed by atoms with E-state index in [2.05, 4.69) is 24.3 Å². The SMILES string of the molecule is CCN(CC(O)c1ccc(C)cc1)C(=O)OCC1c2ccccc2-c2ccccc21. The summed E-state index contributed by atoms with van der Waals surface area (Å²) >= 11 is 0. The number of hydrogen-bond acceptors (Lipinski definition) is 3. The third-order valence-electron chi connectivity index (χ3n) is 5.83. The fourth-order valence-corrected chi connectivity index (χ4v) is 4.12. The number of aliphatic hydroxyl groups is 1. The zero-order valence-corrected chi connectivity index (χ0v) is 17.4. The summed E-state index contributed by atoms with van der Waals surface area (Å²) in [6, 6.07) is 24.3. The summed E-state index contributed by atoms with van der Waals surface area (Å²) in [4.78, 5) is 14.3. The molecular weight excluding hydrogens is 374 g/mol. The minimum Gasteiger partial charge on any atom is -0.448 e. The largest absolute Gasteiger partial charge is 0.448 e. The maximum Gasteiger partial charge on any atom is 0.409 e. The van der Waals surface area contributed by atoms with Gasteiger partial charge in [0.25, 0.3) is 0 Å². The van der Waals surface area contributed by atoms with E-state index < -0.39 is 12.2 Å². The molecule has 1 aliphatic rings. The highest BCUT2D eigenvalue weighted by Gasteiger charge is 2.29. The number of nitrogens with zero attached hydrogens (tertiary/aromatic N) is 1. The lowest BCUT2D eigenvalue weighted by molar-refractivity contribution is 0.0734. The standard InChI is InChI=1S/C26H27NO3/c1-3-27(16-25(28)19-14-12-18(2)13-15-19)26(29)30-17-24-22-10-6-4-8-20(22)21-9-5-7-11-23(21)24/h4-15,24-25,28H,3,16-17H2,1-2H3. The van der Waals surface area contributed by atoms with Crippen LogP contribution in [0.4, 0.5) is 4.79 Å². The second-order valence-electron chi connectivity index (χ2n) is 7.77. The number of rotatable bonds is 6. The number of aryl methyl sites for hydroxylation is 1. The van der Waals surface area contributed by atoms with Gasteiger partial charge in [-0.2, -0.15) is 0 Å². The Bertz CT molecular complexity index is 983. The topological polar surface area (TPSA) is 49.8 Å². The Morgan fingerprint density at radius 2 is 1.53 bits per heavy atom. The van der Waals surface area contributed by atoms with Crippen molar-refractivity contribution in [1.29, 1.82) is 0 Å². The normalized spacial score (nSPS) is 13.4. The molecule has 1 unspecified atom stereocenters. The Kier molecular flexibility index (Phi) is 5.86. The number of amides is 1. The quantitative estimate of drug-likeness (QED) is 0.610. The van der Waals surface area contributed by atoms with Crippen LogP contribution in [0.5, 0.6) is 0 Å². The summed E-state index contributed by atoms with van der Waals surface area (Å²) in [5.41, 5.74) is 6.72. The Labute approximate surface area is 177 Å². The number of aliphatic hydroxyl groups excluding tert-OH is 1. The first-order valence-corrected chi connectivity index (χ1v) is 10.4. The van der Waals surface area contributed by atoms with Crippen LogP contribution in [0.2, 0.25) is 0 Å². The average Bonchev–Trinajstić information content (AvgIpc) is 3.10. The molecule has 1 amide bonds. The molecule has 0 aromatic heterocycles. The smallest absolute Gasteiger partial charge is 0.409 e. The first-order chi connectivity index (χ1) is 14.6. The van der Waals surface area contributed by atoms with Crippen LogP contribution < -0.4 is 0 Å². The van der Waals surface area contributed by atoms with Gasteiger partial charge in [-0.15, -0.1) is 0 Å². The first kappa shape index (κ1) is 20.2. The van der Waals surface area contributed by atoms with Crippen molar-refractivity contribution in [3.63, 3.8) is 0 Å². The van der Waals surface area contributed by atoms with Crippen LogP contribution in [0, 0.1) is 6.92 Å². The molecule has 1 N–H and O–H groups in total. The molecule has 3 aromatic carbocycles. The van der Waals surface area contributed by atoms with Crippen molar-refractivity contribution < 1.29 is 14.6 Å². The molecule has 4 heteroatoms. The van der Waals surface area contributed by atoms with Crippen molar-refractivity contribution in [3.8, 4) is 11.1 Å². The molecule has 154 valence electrons. The molecule has 0 radical (unpaired) electrons. The Hall–Kier alpha value is -3.11. The number of likely N-dealkylation sites (N-methyl/N-ethyl adjacent to an activating group) is 1. The van der Waals surface area contributed by atoms with Crippen LogP contribution in [0.1, 0.15) is 41.2 Å². The number of carbonyl (C=O) groups is 1. The average molecular weight is 402 g/mol. The van der Waals surface area contributed by atoms with Crippen LogP contribution in [-0.4, -0.2) is 35.8 Å². The molecule has 4 nitrogen and oxygen atoms in total. The lowest BCUT2D eigenvalue weighted by atomic mass is 9.98. The van der Waals surface area contributed by atoms with Gasteiger partial charge in [0.2, 0.25) is 0 Å². The van der Waals surface area contributed by atoms with E-state index in [1.54, 1.807) is 4.90 Å². The Morgan fingerprint density at radius 3 is 2.10 bits per heavy atom. The van der Waals surface area contributed by atoms with Crippen LogP contribution in [-0.2, 0) is 4.74 Å². The van der Waals surface area contributed by atoms with Gasteiger partial charge in [0.1, 0.15) is 6.61 Å². The molecular formula is C26H27NO3. The van der Waals surface area contributed by atoms with E-state index in [1.807, 2.05) is 62.4 Å². The van der Waals surface area contributed by atoms with Gasteiger partial charge in [0.15, 0.2) is 0 Å². The van der Waals surface area contributed by atoms with Crippen molar-refractivity contribution in [2.45, 2.75) is 25.9 Å². The van der Waals surface area contributed by atoms with Crippen LogP contribution >= 0.6 is 0 Å². The van der Waals surface area contributed by atoms with Crippen molar-refractivity contribution in [2.75, 3.05) is 19.7 Å². The van der Waals surface area contributed by atoms with E-state index in [0.717, 1.165) is 11.1 Å². The number of ether oxygens (including phenoxy) is 1. The van der Waals surface area contributed by atoms with Gasteiger partial charge in [-0.1, -0.05) is 78.4 Å². The fraction of sp³-hybridized carbons (Fsp3) is 0.269. The molecule has 30 heavy (non-hydrogen) atoms. The van der Waals surface area contributed by atoms with E-state index in [-0.39, 0.29) is 19.1 Å². The highest BCUT2D eigenvalue weighted by molar-refractivity contribution is 5.79. The minimum absolute atomic E-state index is 0.0297. The number of fused-ring (bicyclic) bond motifs is 3. The van der Waals surface area contributed by atoms with Crippen LogP contribution in [0.25, 0.3) is 11.1 Å². The Balaban J connectivity index is 1.44. The highest BCUT2D eigenvalue weighted by Crippen LogP contribution is 2.44. The van der Waals surface area contributed by atoms with E-state index >= 15 is 0 Å². The van der Waals surface area contributed by atoms with Gasteiger partial charge in [-0.05, 0) is 41.7 Å². The van der Waals surface area contributed by atoms with Crippen LogP contribution in [0.15, 0.2) is 72.8 Å². The zero-order valence-electron chi connectivity index (χ0n) is 17.4. The third-order valence-corrected chi connectivity index (χ3v) is 5.83. The molecule has 4 rings (SSSR count). The summed E-state index contributed by atoms with van der Waals surface area (Å²) in [6.07, 6.45) is -1.14. The molecule has 3 aromatic rings. The maximum absolute atomic E-state index is 12.8. The first-order valence-electron chi connectivity index (χ1n) is 10.4. The van der Waals surface area contributed by atoms with Gasteiger partial charge >= 0.3 is 6.09 Å². The van der Waals surface area contributed by atoms with Crippen molar-refractivity contribution in [2.24, 2.45) is 0 Å². The number of carbonyl (C=O) groups excluding carboxylic acids is 1. The number of benzene rings is 3. The molecule has 0 saturated heterocycles. The molecule has 1 aliphatic carbocycles. The van der Waals surface area contributed by atoms with Crippen LogP contribution in [0.3, 0.4) is 0 Å². The van der Waals surface area contributed by atoms with Crippen molar-refractivity contribution >= 4 is 6.09 Å². The predicted molar refractivity (Wildman–Crippen MR) is 118 cm³/mol. The van der Waals surface area contributed by atoms with Crippen molar-refractivity contribution in [3.05, 3.63) is 95.1 Å². The fourth-order valence-electron chi connectivity index (χ4n) is 4.12. The summed E-state index contributed by atoms with van der Waals surface area (Å²) in [5.74, 6) is 0.0297. The second-order valence-corrected chi connectivity index (χ2v) is 7.77. The van der Waals surface area contributed by atoms with E-state index in [9.17, 15) is 9.90 Å². The minimum atomic E-state index is -0.744. The zero-order chi connectivity index (χ0) is 21.1. The molecule has 0 fully saturated rings. The second kappa shape index (κ2) is 8.72. The predicted octanol–water partition coefficient (Wildman–Crippen LogP) is 5.30. The van der Waals surface area contributed by atoms with Gasteiger partial charge in [-0.3, -0.25) is 0 Å². The summed E-state index contributed by atoms with van der Waals surface area (Å²) in [6.45, 7) is 4.86. The maximum atomic E-state index is 12.8. The van der Waals surface area contributed by atoms with Gasteiger partial charge in [0.05, 0.1) is 12.6 Å². The monoisotopic (exact) mass is 401 g/mol. The van der Waals surface area contributed by atoms with E-state index in [0.29, 0.717) is 6.54 Å². The summed E-state index contributed by atoms with van der Waals surface area (Å²) < 4.78 is 5.72. The lowest BCUT2D eigenvalue weighted by Crippen LogP contribution is -2.35.